The Morgan fingerprint density at radius 2 is 2.23 bits per heavy atom. The Hall–Kier alpha value is -1.09. The minimum atomic E-state index is -0.572. The van der Waals surface area contributed by atoms with Gasteiger partial charge in [0.05, 0.1) is 11.4 Å². The van der Waals surface area contributed by atoms with Crippen LogP contribution in [0.5, 0.6) is 0 Å². The molecule has 0 aliphatic heterocycles. The highest BCUT2D eigenvalue weighted by atomic mass is 35.5. The summed E-state index contributed by atoms with van der Waals surface area (Å²) in [7, 11) is 0. The second-order valence-corrected chi connectivity index (χ2v) is 3.01. The van der Waals surface area contributed by atoms with Crippen molar-refractivity contribution in [3.05, 3.63) is 29.1 Å². The Balaban J connectivity index is 3.23. The highest BCUT2D eigenvalue weighted by Crippen LogP contribution is 2.17. The van der Waals surface area contributed by atoms with Gasteiger partial charge in [0.2, 0.25) is 0 Å². The summed E-state index contributed by atoms with van der Waals surface area (Å²) in [6, 6.07) is 2.55. The summed E-state index contributed by atoms with van der Waals surface area (Å²) in [4.78, 5) is 11.1. The lowest BCUT2D eigenvalue weighted by atomic mass is 10.1. The number of Topliss-reactive ketones (excluding diaryl/α,β-unsaturated/α-hetero) is 1. The van der Waals surface area contributed by atoms with Crippen molar-refractivity contribution < 1.29 is 9.18 Å². The Morgan fingerprint density at radius 3 is 2.77 bits per heavy atom. The molecule has 0 saturated carbocycles. The lowest BCUT2D eigenvalue weighted by Crippen LogP contribution is -2.05. The van der Waals surface area contributed by atoms with Gasteiger partial charge in [0, 0.05) is 5.69 Å². The Labute approximate surface area is 80.5 Å². The molecule has 0 aromatic heterocycles. The maximum Gasteiger partial charge on any atom is 0.180 e. The van der Waals surface area contributed by atoms with Gasteiger partial charge >= 0.3 is 0 Å². The summed E-state index contributed by atoms with van der Waals surface area (Å²) in [5.74, 6) is -1.26. The number of nitrogens with two attached hydrogens (primary N) is 1. The summed E-state index contributed by atoms with van der Waals surface area (Å²) >= 11 is 5.29. The highest BCUT2D eigenvalue weighted by Gasteiger charge is 2.11. The van der Waals surface area contributed by atoms with Gasteiger partial charge < -0.3 is 5.73 Å². The number of benzene rings is 1. The third-order valence-electron chi connectivity index (χ3n) is 1.78. The van der Waals surface area contributed by atoms with Gasteiger partial charge in [0.15, 0.2) is 5.78 Å². The number of alkyl halides is 1. The van der Waals surface area contributed by atoms with Crippen molar-refractivity contribution in [3.63, 3.8) is 0 Å². The van der Waals surface area contributed by atoms with Crippen LogP contribution in [0.4, 0.5) is 10.1 Å². The Bertz CT molecular complexity index is 352. The van der Waals surface area contributed by atoms with Crippen LogP contribution < -0.4 is 5.73 Å². The van der Waals surface area contributed by atoms with Crippen molar-refractivity contribution in [1.82, 2.24) is 0 Å². The van der Waals surface area contributed by atoms with E-state index in [1.54, 1.807) is 6.92 Å². The first-order valence-corrected chi connectivity index (χ1v) is 4.24. The van der Waals surface area contributed by atoms with Gasteiger partial charge in [-0.3, -0.25) is 4.79 Å². The molecule has 0 bridgehead atoms. The largest absolute Gasteiger partial charge is 0.398 e. The molecule has 0 radical (unpaired) electrons. The molecule has 0 aliphatic carbocycles. The first-order chi connectivity index (χ1) is 6.06. The van der Waals surface area contributed by atoms with Gasteiger partial charge in [-0.15, -0.1) is 11.6 Å². The van der Waals surface area contributed by atoms with Gasteiger partial charge in [-0.1, -0.05) is 0 Å². The van der Waals surface area contributed by atoms with Crippen LogP contribution in [0.1, 0.15) is 15.9 Å². The number of nitrogen functional groups attached to an aromatic ring is 1. The number of carbonyl (C=O) groups is 1. The maximum absolute atomic E-state index is 13.1. The van der Waals surface area contributed by atoms with Crippen LogP contribution in [0.2, 0.25) is 0 Å². The summed E-state index contributed by atoms with van der Waals surface area (Å²) in [5, 5.41) is 0. The minimum absolute atomic E-state index is 0.0434. The summed E-state index contributed by atoms with van der Waals surface area (Å²) < 4.78 is 13.1. The smallest absolute Gasteiger partial charge is 0.180 e. The van der Waals surface area contributed by atoms with E-state index in [-0.39, 0.29) is 11.4 Å². The molecule has 0 spiro atoms. The second-order valence-electron chi connectivity index (χ2n) is 2.75. The van der Waals surface area contributed by atoms with Gasteiger partial charge in [-0.25, -0.2) is 4.39 Å². The molecular formula is C9H9ClFNO. The average Bonchev–Trinajstić information content (AvgIpc) is 2.10. The number of aryl methyl sites for hydroxylation is 1. The van der Waals surface area contributed by atoms with Crippen LogP contribution in [0.25, 0.3) is 0 Å². The number of ketones is 1. The van der Waals surface area contributed by atoms with Crippen LogP contribution in [-0.4, -0.2) is 11.7 Å². The van der Waals surface area contributed by atoms with E-state index in [0.29, 0.717) is 11.3 Å². The molecule has 1 rings (SSSR count). The molecule has 0 fully saturated rings. The number of rotatable bonds is 2. The molecule has 1 aromatic rings. The van der Waals surface area contributed by atoms with Gasteiger partial charge in [-0.05, 0) is 24.6 Å². The Morgan fingerprint density at radius 1 is 1.62 bits per heavy atom. The molecule has 70 valence electrons. The minimum Gasteiger partial charge on any atom is -0.398 e. The molecule has 0 aliphatic rings. The first kappa shape index (κ1) is 9.99. The van der Waals surface area contributed by atoms with E-state index in [9.17, 15) is 9.18 Å². The topological polar surface area (TPSA) is 43.1 Å². The second kappa shape index (κ2) is 3.75. The molecular weight excluding hydrogens is 193 g/mol. The van der Waals surface area contributed by atoms with Crippen molar-refractivity contribution >= 4 is 23.1 Å². The van der Waals surface area contributed by atoms with Crippen molar-refractivity contribution in [2.24, 2.45) is 0 Å². The first-order valence-electron chi connectivity index (χ1n) is 3.71. The zero-order valence-corrected chi connectivity index (χ0v) is 7.86. The van der Waals surface area contributed by atoms with E-state index in [1.807, 2.05) is 0 Å². The number of hydrogen-bond donors (Lipinski definition) is 1. The summed E-state index contributed by atoms with van der Waals surface area (Å²) in [6.45, 7) is 1.67. The molecule has 2 N–H and O–H groups in total. The lowest BCUT2D eigenvalue weighted by molar-refractivity contribution is 0.101. The number of halogens is 2. The Kier molecular flexibility index (Phi) is 2.88. The fourth-order valence-corrected chi connectivity index (χ4v) is 1.12. The molecule has 1 aromatic carbocycles. The van der Waals surface area contributed by atoms with Crippen LogP contribution in [0.15, 0.2) is 12.1 Å². The van der Waals surface area contributed by atoms with Gasteiger partial charge in [0.25, 0.3) is 0 Å². The number of anilines is 1. The molecule has 0 heterocycles. The summed E-state index contributed by atoms with van der Waals surface area (Å²) in [6.07, 6.45) is 0. The monoisotopic (exact) mass is 201 g/mol. The van der Waals surface area contributed by atoms with Crippen molar-refractivity contribution in [2.45, 2.75) is 6.92 Å². The zero-order valence-electron chi connectivity index (χ0n) is 7.10. The third-order valence-corrected chi connectivity index (χ3v) is 2.02. The van der Waals surface area contributed by atoms with Crippen LogP contribution in [0.3, 0.4) is 0 Å². The lowest BCUT2D eigenvalue weighted by Gasteiger charge is -2.04. The predicted molar refractivity (Wildman–Crippen MR) is 50.6 cm³/mol. The fourth-order valence-electron chi connectivity index (χ4n) is 0.975. The van der Waals surface area contributed by atoms with Crippen molar-refractivity contribution in [3.8, 4) is 0 Å². The molecule has 4 heteroatoms. The van der Waals surface area contributed by atoms with Crippen molar-refractivity contribution in [1.29, 1.82) is 0 Å². The van der Waals surface area contributed by atoms with E-state index in [4.69, 9.17) is 17.3 Å². The van der Waals surface area contributed by atoms with Crippen LogP contribution in [-0.2, 0) is 0 Å². The molecule has 2 nitrogen and oxygen atoms in total. The highest BCUT2D eigenvalue weighted by molar-refractivity contribution is 6.30. The van der Waals surface area contributed by atoms with Gasteiger partial charge in [-0.2, -0.15) is 0 Å². The standard InChI is InChI=1S/C9H9ClFNO/c1-5-2-7(11)6(3-8(5)12)9(13)4-10/h2-3H,4,12H2,1H3. The van der Waals surface area contributed by atoms with E-state index < -0.39 is 11.6 Å². The molecule has 13 heavy (non-hydrogen) atoms. The van der Waals surface area contributed by atoms with Gasteiger partial charge in [0.1, 0.15) is 5.82 Å². The normalized spacial score (nSPS) is 10.1. The fraction of sp³-hybridized carbons (Fsp3) is 0.222. The van der Waals surface area contributed by atoms with Crippen molar-refractivity contribution in [2.75, 3.05) is 11.6 Å². The van der Waals surface area contributed by atoms with E-state index >= 15 is 0 Å². The SMILES string of the molecule is Cc1cc(F)c(C(=O)CCl)cc1N. The number of carbonyl (C=O) groups excluding carboxylic acids is 1. The molecule has 0 atom stereocenters. The number of hydrogen-bond acceptors (Lipinski definition) is 2. The van der Waals surface area contributed by atoms with E-state index in [0.717, 1.165) is 0 Å². The molecule has 0 saturated heterocycles. The molecule has 0 amide bonds. The average molecular weight is 202 g/mol. The van der Waals surface area contributed by atoms with E-state index in [2.05, 4.69) is 0 Å². The summed E-state index contributed by atoms with van der Waals surface area (Å²) in [5.41, 5.74) is 6.49. The maximum atomic E-state index is 13.1. The quantitative estimate of drug-likeness (QED) is 0.453. The zero-order chi connectivity index (χ0) is 10.0. The van der Waals surface area contributed by atoms with Crippen LogP contribution >= 0.6 is 11.6 Å². The molecule has 0 unspecified atom stereocenters. The third kappa shape index (κ3) is 1.98. The van der Waals surface area contributed by atoms with Crippen LogP contribution in [0, 0.1) is 12.7 Å². The van der Waals surface area contributed by atoms with E-state index in [1.165, 1.54) is 12.1 Å². The predicted octanol–water partition coefficient (Wildman–Crippen LogP) is 2.14.